The maximum absolute atomic E-state index is 12.5. The van der Waals surface area contributed by atoms with Gasteiger partial charge in [0.15, 0.2) is 0 Å². The second-order valence-corrected chi connectivity index (χ2v) is 6.75. The van der Waals surface area contributed by atoms with Crippen LogP contribution in [-0.4, -0.2) is 35.2 Å². The summed E-state index contributed by atoms with van der Waals surface area (Å²) in [5, 5.41) is 14.2. The monoisotopic (exact) mass is 369 g/mol. The van der Waals surface area contributed by atoms with Crippen LogP contribution in [0.2, 0.25) is 0 Å². The average molecular weight is 369 g/mol. The van der Waals surface area contributed by atoms with E-state index in [1.165, 1.54) is 28.4 Å². The van der Waals surface area contributed by atoms with E-state index in [-0.39, 0.29) is 24.0 Å². The van der Waals surface area contributed by atoms with Crippen molar-refractivity contribution in [3.8, 4) is 0 Å². The number of nitro benzene ring substituents is 1. The topological polar surface area (TPSA) is 92.6 Å². The Balaban J connectivity index is 1.70. The number of non-ortho nitro benzene ring substituents is 1. The van der Waals surface area contributed by atoms with E-state index >= 15 is 0 Å². The third-order valence-electron chi connectivity index (χ3n) is 3.71. The van der Waals surface area contributed by atoms with Gasteiger partial charge in [-0.15, -0.1) is 11.3 Å². The highest BCUT2D eigenvalue weighted by atomic mass is 32.1. The molecule has 0 fully saturated rings. The van der Waals surface area contributed by atoms with Crippen LogP contribution in [0.3, 0.4) is 0 Å². The zero-order valence-corrected chi connectivity index (χ0v) is 14.7. The van der Waals surface area contributed by atoms with Crippen LogP contribution in [0.1, 0.15) is 9.67 Å². The number of thiophene rings is 1. The first-order valence-electron chi connectivity index (χ1n) is 7.72. The first-order valence-corrected chi connectivity index (χ1v) is 8.54. The average Bonchev–Trinajstić information content (AvgIpc) is 3.04. The van der Waals surface area contributed by atoms with Crippen molar-refractivity contribution in [2.75, 3.05) is 18.9 Å². The maximum Gasteiger partial charge on any atom is 0.270 e. The Bertz CT molecular complexity index is 985. The number of amides is 2. The van der Waals surface area contributed by atoms with Crippen LogP contribution in [0.4, 0.5) is 11.4 Å². The third kappa shape index (κ3) is 3.86. The predicted octanol–water partition coefficient (Wildman–Crippen LogP) is 3.52. The summed E-state index contributed by atoms with van der Waals surface area (Å²) >= 11 is 1.24. The molecule has 26 heavy (non-hydrogen) atoms. The zero-order valence-electron chi connectivity index (χ0n) is 13.8. The van der Waals surface area contributed by atoms with E-state index in [9.17, 15) is 19.7 Å². The van der Waals surface area contributed by atoms with Crippen molar-refractivity contribution in [1.29, 1.82) is 0 Å². The molecule has 2 aromatic carbocycles. The van der Waals surface area contributed by atoms with E-state index in [0.29, 0.717) is 16.0 Å². The molecule has 0 radical (unpaired) electrons. The summed E-state index contributed by atoms with van der Waals surface area (Å²) in [4.78, 5) is 36.7. The van der Waals surface area contributed by atoms with Gasteiger partial charge in [-0.05, 0) is 24.3 Å². The van der Waals surface area contributed by atoms with Gasteiger partial charge in [0, 0.05) is 35.0 Å². The van der Waals surface area contributed by atoms with Gasteiger partial charge in [-0.1, -0.05) is 18.2 Å². The van der Waals surface area contributed by atoms with Gasteiger partial charge in [0.05, 0.1) is 16.3 Å². The summed E-state index contributed by atoms with van der Waals surface area (Å²) < 4.78 is 0.779. The summed E-state index contributed by atoms with van der Waals surface area (Å²) in [5.74, 6) is -0.610. The number of likely N-dealkylation sites (N-methyl/N-ethyl adjacent to an activating group) is 1. The van der Waals surface area contributed by atoms with E-state index in [1.807, 2.05) is 6.07 Å². The third-order valence-corrected chi connectivity index (χ3v) is 4.81. The molecule has 0 spiro atoms. The molecule has 7 nitrogen and oxygen atoms in total. The molecular weight excluding hydrogens is 354 g/mol. The normalized spacial score (nSPS) is 10.5. The Hall–Kier alpha value is -3.26. The molecule has 1 N–H and O–H groups in total. The van der Waals surface area contributed by atoms with Gasteiger partial charge in [-0.2, -0.15) is 0 Å². The first kappa shape index (κ1) is 17.6. The smallest absolute Gasteiger partial charge is 0.270 e. The predicted molar refractivity (Wildman–Crippen MR) is 101 cm³/mol. The number of nitrogens with zero attached hydrogens (tertiary/aromatic N) is 2. The molecule has 8 heteroatoms. The number of fused-ring (bicyclic) bond motifs is 1. The SMILES string of the molecule is CN(CC(=O)Nc1ccccc1)C(=O)c1cc2cc([N+](=O)[O-])ccc2s1. The lowest BCUT2D eigenvalue weighted by Gasteiger charge is -2.15. The largest absolute Gasteiger partial charge is 0.332 e. The lowest BCUT2D eigenvalue weighted by atomic mass is 10.2. The number of benzene rings is 2. The number of carbonyl (C=O) groups excluding carboxylic acids is 2. The van der Waals surface area contributed by atoms with Crippen molar-refractivity contribution >= 4 is 44.6 Å². The van der Waals surface area contributed by atoms with Gasteiger partial charge in [0.25, 0.3) is 11.6 Å². The van der Waals surface area contributed by atoms with Crippen molar-refractivity contribution in [3.63, 3.8) is 0 Å². The molecule has 0 aliphatic rings. The Labute approximate surface area is 153 Å². The van der Waals surface area contributed by atoms with Crippen LogP contribution >= 0.6 is 11.3 Å². The highest BCUT2D eigenvalue weighted by Crippen LogP contribution is 2.29. The Kier molecular flexibility index (Phi) is 4.94. The van der Waals surface area contributed by atoms with Crippen LogP contribution in [-0.2, 0) is 4.79 Å². The van der Waals surface area contributed by atoms with Gasteiger partial charge in [-0.3, -0.25) is 19.7 Å². The van der Waals surface area contributed by atoms with Crippen molar-refractivity contribution in [2.45, 2.75) is 0 Å². The summed E-state index contributed by atoms with van der Waals surface area (Å²) in [6, 6.07) is 15.1. The van der Waals surface area contributed by atoms with E-state index in [2.05, 4.69) is 5.32 Å². The summed E-state index contributed by atoms with van der Waals surface area (Å²) in [7, 11) is 1.54. The van der Waals surface area contributed by atoms with E-state index in [1.54, 1.807) is 43.4 Å². The molecule has 3 rings (SSSR count). The van der Waals surface area contributed by atoms with Gasteiger partial charge in [0.1, 0.15) is 0 Å². The van der Waals surface area contributed by atoms with Crippen LogP contribution in [0.25, 0.3) is 10.1 Å². The maximum atomic E-state index is 12.5. The number of rotatable bonds is 5. The van der Waals surface area contributed by atoms with Crippen LogP contribution < -0.4 is 5.32 Å². The van der Waals surface area contributed by atoms with E-state index < -0.39 is 4.92 Å². The summed E-state index contributed by atoms with van der Waals surface area (Å²) in [6.45, 7) is -0.0951. The molecule has 1 heterocycles. The van der Waals surface area contributed by atoms with Gasteiger partial charge < -0.3 is 10.2 Å². The summed E-state index contributed by atoms with van der Waals surface area (Å²) in [6.07, 6.45) is 0. The highest BCUT2D eigenvalue weighted by molar-refractivity contribution is 7.20. The minimum Gasteiger partial charge on any atom is -0.332 e. The second-order valence-electron chi connectivity index (χ2n) is 5.67. The lowest BCUT2D eigenvalue weighted by Crippen LogP contribution is -2.34. The van der Waals surface area contributed by atoms with E-state index in [4.69, 9.17) is 0 Å². The first-order chi connectivity index (χ1) is 12.4. The number of anilines is 1. The van der Waals surface area contributed by atoms with E-state index in [0.717, 1.165) is 4.70 Å². The molecule has 0 saturated heterocycles. The molecular formula is C18H15N3O4S. The Morgan fingerprint density at radius 3 is 2.58 bits per heavy atom. The fourth-order valence-electron chi connectivity index (χ4n) is 2.45. The molecule has 0 aliphatic carbocycles. The molecule has 0 aliphatic heterocycles. The van der Waals surface area contributed by atoms with Crippen LogP contribution in [0.5, 0.6) is 0 Å². The molecule has 0 bridgehead atoms. The minimum absolute atomic E-state index is 0.0232. The molecule has 2 amide bonds. The van der Waals surface area contributed by atoms with Crippen molar-refractivity contribution < 1.29 is 14.5 Å². The summed E-state index contributed by atoms with van der Waals surface area (Å²) in [5.41, 5.74) is 0.636. The Morgan fingerprint density at radius 1 is 1.15 bits per heavy atom. The zero-order chi connectivity index (χ0) is 18.7. The van der Waals surface area contributed by atoms with Gasteiger partial charge in [-0.25, -0.2) is 0 Å². The molecule has 0 atom stereocenters. The van der Waals surface area contributed by atoms with Crippen molar-refractivity contribution in [1.82, 2.24) is 4.90 Å². The molecule has 1 aromatic heterocycles. The molecule has 132 valence electrons. The number of carbonyl (C=O) groups is 2. The Morgan fingerprint density at radius 2 is 1.88 bits per heavy atom. The number of nitro groups is 1. The second kappa shape index (κ2) is 7.32. The number of nitrogens with one attached hydrogen (secondary N) is 1. The quantitative estimate of drug-likeness (QED) is 0.550. The lowest BCUT2D eigenvalue weighted by molar-refractivity contribution is -0.384. The number of hydrogen-bond donors (Lipinski definition) is 1. The van der Waals surface area contributed by atoms with Crippen molar-refractivity contribution in [2.24, 2.45) is 0 Å². The molecule has 0 unspecified atom stereocenters. The fraction of sp³-hybridized carbons (Fsp3) is 0.111. The van der Waals surface area contributed by atoms with Gasteiger partial charge in [0.2, 0.25) is 5.91 Å². The standard InChI is InChI=1S/C18H15N3O4S/c1-20(11-17(22)19-13-5-3-2-4-6-13)18(23)16-10-12-9-14(21(24)25)7-8-15(12)26-16/h2-10H,11H2,1H3,(H,19,22). The highest BCUT2D eigenvalue weighted by Gasteiger charge is 2.18. The van der Waals surface area contributed by atoms with Gasteiger partial charge >= 0.3 is 0 Å². The van der Waals surface area contributed by atoms with Crippen LogP contribution in [0, 0.1) is 10.1 Å². The van der Waals surface area contributed by atoms with Crippen molar-refractivity contribution in [3.05, 3.63) is 69.6 Å². The number of para-hydroxylation sites is 1. The fourth-order valence-corrected chi connectivity index (χ4v) is 3.48. The van der Waals surface area contributed by atoms with Crippen LogP contribution in [0.15, 0.2) is 54.6 Å². The minimum atomic E-state index is -0.474. The molecule has 0 saturated carbocycles. The number of hydrogen-bond acceptors (Lipinski definition) is 5. The molecule has 3 aromatic rings.